The molecule has 0 bridgehead atoms. The molecule has 1 aromatic carbocycles. The molecule has 2 heterocycles. The number of ether oxygens (including phenoxy) is 2. The molecule has 1 amide bonds. The van der Waals surface area contributed by atoms with E-state index in [1.54, 1.807) is 23.1 Å². The minimum Gasteiger partial charge on any atom is -0.477 e. The molecule has 3 rings (SSSR count). The van der Waals surface area contributed by atoms with Crippen molar-refractivity contribution in [3.8, 4) is 0 Å². The molecular weight excluding hydrogens is 380 g/mol. The second-order valence-corrected chi connectivity index (χ2v) is 9.87. The SMILES string of the molecule is CC(C)(C)OC(=O)N1CCC[C@@H](CCCOC2=NS(=O)(=O)c3ccccc32)C1. The number of benzene rings is 1. The van der Waals surface area contributed by atoms with Gasteiger partial charge in [0.05, 0.1) is 12.2 Å². The van der Waals surface area contributed by atoms with Gasteiger partial charge in [-0.05, 0) is 64.5 Å². The third-order valence-corrected chi connectivity index (χ3v) is 6.08. The number of sulfonamides is 1. The maximum atomic E-state index is 12.2. The molecular formula is C20H28N2O5S. The molecule has 0 saturated carbocycles. The lowest BCUT2D eigenvalue weighted by molar-refractivity contribution is 0.0159. The Morgan fingerprint density at radius 3 is 2.79 bits per heavy atom. The molecule has 0 spiro atoms. The van der Waals surface area contributed by atoms with Crippen molar-refractivity contribution in [2.45, 2.75) is 57.0 Å². The first-order valence-electron chi connectivity index (χ1n) is 9.71. The molecule has 0 aromatic heterocycles. The predicted octanol–water partition coefficient (Wildman–Crippen LogP) is 3.58. The summed E-state index contributed by atoms with van der Waals surface area (Å²) < 4.78 is 38.9. The molecule has 154 valence electrons. The van der Waals surface area contributed by atoms with Crippen LogP contribution < -0.4 is 0 Å². The van der Waals surface area contributed by atoms with E-state index in [2.05, 4.69) is 4.40 Å². The normalized spacial score (nSPS) is 21.0. The summed E-state index contributed by atoms with van der Waals surface area (Å²) in [4.78, 5) is 14.2. The molecule has 28 heavy (non-hydrogen) atoms. The van der Waals surface area contributed by atoms with Crippen molar-refractivity contribution in [2.24, 2.45) is 10.3 Å². The topological polar surface area (TPSA) is 85.3 Å². The van der Waals surface area contributed by atoms with Crippen molar-refractivity contribution in [2.75, 3.05) is 19.7 Å². The fourth-order valence-corrected chi connectivity index (χ4v) is 4.67. The zero-order chi connectivity index (χ0) is 20.4. The first-order chi connectivity index (χ1) is 13.2. The largest absolute Gasteiger partial charge is 0.477 e. The Morgan fingerprint density at radius 2 is 2.04 bits per heavy atom. The van der Waals surface area contributed by atoms with E-state index in [9.17, 15) is 13.2 Å². The summed E-state index contributed by atoms with van der Waals surface area (Å²) in [7, 11) is -3.64. The van der Waals surface area contributed by atoms with Gasteiger partial charge in [0.1, 0.15) is 10.5 Å². The highest BCUT2D eigenvalue weighted by Gasteiger charge is 2.30. The Labute approximate surface area is 166 Å². The van der Waals surface area contributed by atoms with Crippen LogP contribution in [0, 0.1) is 5.92 Å². The summed E-state index contributed by atoms with van der Waals surface area (Å²) in [6.07, 6.45) is 3.45. The molecule has 1 saturated heterocycles. The van der Waals surface area contributed by atoms with Crippen LogP contribution in [0.4, 0.5) is 4.79 Å². The zero-order valence-electron chi connectivity index (χ0n) is 16.7. The molecule has 2 aliphatic heterocycles. The van der Waals surface area contributed by atoms with Crippen LogP contribution in [0.3, 0.4) is 0 Å². The first kappa shape index (κ1) is 20.6. The number of amides is 1. The highest BCUT2D eigenvalue weighted by molar-refractivity contribution is 7.90. The average molecular weight is 409 g/mol. The molecule has 2 aliphatic rings. The average Bonchev–Trinajstić information content (AvgIpc) is 2.89. The van der Waals surface area contributed by atoms with Gasteiger partial charge in [-0.1, -0.05) is 12.1 Å². The summed E-state index contributed by atoms with van der Waals surface area (Å²) in [5.74, 6) is 0.570. The predicted molar refractivity (Wildman–Crippen MR) is 106 cm³/mol. The third-order valence-electron chi connectivity index (χ3n) is 4.76. The number of nitrogens with zero attached hydrogens (tertiary/aromatic N) is 2. The van der Waals surface area contributed by atoms with Crippen molar-refractivity contribution in [3.05, 3.63) is 29.8 Å². The van der Waals surface area contributed by atoms with Crippen LogP contribution >= 0.6 is 0 Å². The van der Waals surface area contributed by atoms with Gasteiger partial charge in [-0.15, -0.1) is 4.40 Å². The van der Waals surface area contributed by atoms with Crippen LogP contribution in [0.1, 0.15) is 52.0 Å². The van der Waals surface area contributed by atoms with Gasteiger partial charge in [0.15, 0.2) is 0 Å². The lowest BCUT2D eigenvalue weighted by atomic mass is 9.94. The van der Waals surface area contributed by atoms with Gasteiger partial charge in [0.2, 0.25) is 5.90 Å². The van der Waals surface area contributed by atoms with Crippen LogP contribution in [-0.2, 0) is 19.5 Å². The van der Waals surface area contributed by atoms with E-state index in [1.165, 1.54) is 6.07 Å². The molecule has 1 atom stereocenters. The molecule has 0 N–H and O–H groups in total. The van der Waals surface area contributed by atoms with Crippen LogP contribution in [-0.4, -0.2) is 50.6 Å². The summed E-state index contributed by atoms with van der Waals surface area (Å²) in [6.45, 7) is 7.42. The number of rotatable bonds is 4. The minimum absolute atomic E-state index is 0.176. The van der Waals surface area contributed by atoms with Crippen LogP contribution in [0.25, 0.3) is 0 Å². The Bertz CT molecular complexity index is 858. The van der Waals surface area contributed by atoms with Crippen molar-refractivity contribution in [1.29, 1.82) is 0 Å². The number of likely N-dealkylation sites (tertiary alicyclic amines) is 1. The second kappa shape index (κ2) is 8.11. The molecule has 8 heteroatoms. The van der Waals surface area contributed by atoms with Gasteiger partial charge in [0, 0.05) is 13.1 Å². The van der Waals surface area contributed by atoms with Gasteiger partial charge >= 0.3 is 6.09 Å². The van der Waals surface area contributed by atoms with Gasteiger partial charge in [-0.3, -0.25) is 0 Å². The molecule has 1 fully saturated rings. The summed E-state index contributed by atoms with van der Waals surface area (Å²) >= 11 is 0. The van der Waals surface area contributed by atoms with Gasteiger partial charge in [-0.25, -0.2) is 4.79 Å². The van der Waals surface area contributed by atoms with E-state index in [0.29, 0.717) is 24.6 Å². The quantitative estimate of drug-likeness (QED) is 0.711. The van der Waals surface area contributed by atoms with E-state index >= 15 is 0 Å². The van der Waals surface area contributed by atoms with Crippen LogP contribution in [0.2, 0.25) is 0 Å². The first-order valence-corrected chi connectivity index (χ1v) is 11.1. The number of hydrogen-bond donors (Lipinski definition) is 0. The lowest BCUT2D eigenvalue weighted by Gasteiger charge is -2.34. The van der Waals surface area contributed by atoms with E-state index in [4.69, 9.17) is 9.47 Å². The van der Waals surface area contributed by atoms with E-state index < -0.39 is 15.6 Å². The summed E-state index contributed by atoms with van der Waals surface area (Å²) in [6, 6.07) is 6.69. The maximum absolute atomic E-state index is 12.2. The van der Waals surface area contributed by atoms with Crippen molar-refractivity contribution >= 4 is 22.0 Å². The van der Waals surface area contributed by atoms with Gasteiger partial charge in [0.25, 0.3) is 10.0 Å². The smallest absolute Gasteiger partial charge is 0.410 e. The third kappa shape index (κ3) is 5.04. The van der Waals surface area contributed by atoms with Crippen molar-refractivity contribution in [1.82, 2.24) is 4.90 Å². The summed E-state index contributed by atoms with van der Waals surface area (Å²) in [5, 5.41) is 0. The Hall–Kier alpha value is -2.09. The molecule has 7 nitrogen and oxygen atoms in total. The number of carbonyl (C=O) groups excluding carboxylic acids is 1. The Kier molecular flexibility index (Phi) is 5.98. The van der Waals surface area contributed by atoms with E-state index in [1.807, 2.05) is 20.8 Å². The Balaban J connectivity index is 1.46. The number of hydrogen-bond acceptors (Lipinski definition) is 5. The molecule has 0 aliphatic carbocycles. The maximum Gasteiger partial charge on any atom is 0.410 e. The minimum atomic E-state index is -3.64. The van der Waals surface area contributed by atoms with Crippen molar-refractivity contribution in [3.63, 3.8) is 0 Å². The summed E-state index contributed by atoms with van der Waals surface area (Å²) in [5.41, 5.74) is 0.0347. The molecule has 1 aromatic rings. The monoisotopic (exact) mass is 408 g/mol. The lowest BCUT2D eigenvalue weighted by Crippen LogP contribution is -2.42. The van der Waals surface area contributed by atoms with Gasteiger partial charge < -0.3 is 14.4 Å². The number of carbonyl (C=O) groups is 1. The molecule has 0 unspecified atom stereocenters. The number of piperidine rings is 1. The zero-order valence-corrected chi connectivity index (χ0v) is 17.5. The molecule has 0 radical (unpaired) electrons. The number of fused-ring (bicyclic) bond motifs is 1. The Morgan fingerprint density at radius 1 is 1.29 bits per heavy atom. The highest BCUT2D eigenvalue weighted by Crippen LogP contribution is 2.27. The second-order valence-electron chi connectivity index (χ2n) is 8.29. The van der Waals surface area contributed by atoms with E-state index in [-0.39, 0.29) is 16.9 Å². The standard InChI is InChI=1S/C20H28N2O5S/c1-20(2,3)27-19(23)22-12-6-8-15(14-22)9-7-13-26-18-16-10-4-5-11-17(16)28(24,25)21-18/h4-5,10-11,15H,6-9,12-14H2,1-3H3/t15-/m0/s1. The van der Waals surface area contributed by atoms with Crippen molar-refractivity contribution < 1.29 is 22.7 Å². The fourth-order valence-electron chi connectivity index (χ4n) is 3.51. The highest BCUT2D eigenvalue weighted by atomic mass is 32.2. The van der Waals surface area contributed by atoms with E-state index in [0.717, 1.165) is 32.2 Å². The van der Waals surface area contributed by atoms with Crippen LogP contribution in [0.15, 0.2) is 33.6 Å². The van der Waals surface area contributed by atoms with Crippen LogP contribution in [0.5, 0.6) is 0 Å². The van der Waals surface area contributed by atoms with Gasteiger partial charge in [-0.2, -0.15) is 8.42 Å². The fraction of sp³-hybridized carbons (Fsp3) is 0.600.